The zero-order valence-corrected chi connectivity index (χ0v) is 13.6. The third-order valence-electron chi connectivity index (χ3n) is 3.29. The van der Waals surface area contributed by atoms with Gasteiger partial charge in [-0.15, -0.1) is 11.8 Å². The molecular formula is C16H23NO3S. The van der Waals surface area contributed by atoms with Crippen molar-refractivity contribution in [1.29, 1.82) is 0 Å². The summed E-state index contributed by atoms with van der Waals surface area (Å²) in [5, 5.41) is 11.6. The molecule has 0 radical (unpaired) electrons. The van der Waals surface area contributed by atoms with Gasteiger partial charge in [-0.3, -0.25) is 9.59 Å². The highest BCUT2D eigenvalue weighted by Crippen LogP contribution is 2.24. The monoisotopic (exact) mass is 309 g/mol. The molecule has 1 aromatic rings. The number of carboxylic acids is 1. The second-order valence-electron chi connectivity index (χ2n) is 5.00. The van der Waals surface area contributed by atoms with Gasteiger partial charge in [0.1, 0.15) is 0 Å². The van der Waals surface area contributed by atoms with Gasteiger partial charge < -0.3 is 10.4 Å². The normalized spacial score (nSPS) is 12.2. The standard InChI is InChI=1S/C16H23NO3S/c1-4-13(5-2)17-16(20)11(3)21-14-8-6-12(7-9-14)10-15(18)19/h6-9,11,13H,4-5,10H2,1-3H3,(H,17,20)(H,18,19). The molecule has 5 heteroatoms. The molecule has 0 saturated carbocycles. The summed E-state index contributed by atoms with van der Waals surface area (Å²) in [4.78, 5) is 23.7. The average molecular weight is 309 g/mol. The van der Waals surface area contributed by atoms with E-state index in [0.717, 1.165) is 23.3 Å². The van der Waals surface area contributed by atoms with Gasteiger partial charge in [-0.25, -0.2) is 0 Å². The van der Waals surface area contributed by atoms with Crippen molar-refractivity contribution in [1.82, 2.24) is 5.32 Å². The number of rotatable bonds is 8. The average Bonchev–Trinajstić information content (AvgIpc) is 2.45. The number of benzene rings is 1. The molecule has 0 saturated heterocycles. The highest BCUT2D eigenvalue weighted by atomic mass is 32.2. The Morgan fingerprint density at radius 2 is 1.76 bits per heavy atom. The number of nitrogens with one attached hydrogen (secondary N) is 1. The largest absolute Gasteiger partial charge is 0.481 e. The van der Waals surface area contributed by atoms with E-state index in [0.29, 0.717) is 0 Å². The predicted molar refractivity (Wildman–Crippen MR) is 85.6 cm³/mol. The fraction of sp³-hybridized carbons (Fsp3) is 0.500. The van der Waals surface area contributed by atoms with E-state index in [1.54, 1.807) is 12.1 Å². The van der Waals surface area contributed by atoms with Crippen molar-refractivity contribution in [2.75, 3.05) is 0 Å². The molecule has 116 valence electrons. The van der Waals surface area contributed by atoms with Crippen LogP contribution in [0.15, 0.2) is 29.2 Å². The Labute approximate surface area is 130 Å². The van der Waals surface area contributed by atoms with Crippen LogP contribution in [0, 0.1) is 0 Å². The molecule has 2 N–H and O–H groups in total. The van der Waals surface area contributed by atoms with Gasteiger partial charge in [-0.1, -0.05) is 26.0 Å². The summed E-state index contributed by atoms with van der Waals surface area (Å²) >= 11 is 1.48. The Hall–Kier alpha value is -1.49. The van der Waals surface area contributed by atoms with Crippen LogP contribution in [0.2, 0.25) is 0 Å². The second kappa shape index (κ2) is 8.72. The molecule has 0 aromatic heterocycles. The quantitative estimate of drug-likeness (QED) is 0.724. The third-order valence-corrected chi connectivity index (χ3v) is 4.40. The highest BCUT2D eigenvalue weighted by Gasteiger charge is 2.16. The second-order valence-corrected chi connectivity index (χ2v) is 6.41. The van der Waals surface area contributed by atoms with Gasteiger partial charge in [-0.2, -0.15) is 0 Å². The molecule has 1 rings (SSSR count). The number of amides is 1. The number of carboxylic acid groups (broad SMARTS) is 1. The van der Waals surface area contributed by atoms with Crippen LogP contribution < -0.4 is 5.32 Å². The molecule has 0 aliphatic rings. The smallest absolute Gasteiger partial charge is 0.307 e. The van der Waals surface area contributed by atoms with E-state index < -0.39 is 5.97 Å². The van der Waals surface area contributed by atoms with Crippen molar-refractivity contribution in [3.8, 4) is 0 Å². The summed E-state index contributed by atoms with van der Waals surface area (Å²) in [5.74, 6) is -0.795. The Morgan fingerprint density at radius 3 is 2.24 bits per heavy atom. The van der Waals surface area contributed by atoms with Crippen LogP contribution in [-0.4, -0.2) is 28.3 Å². The maximum Gasteiger partial charge on any atom is 0.307 e. The van der Waals surface area contributed by atoms with Crippen LogP contribution in [0.5, 0.6) is 0 Å². The molecule has 0 aliphatic heterocycles. The first-order valence-corrected chi connectivity index (χ1v) is 8.12. The molecule has 0 fully saturated rings. The summed E-state index contributed by atoms with van der Waals surface area (Å²) in [7, 11) is 0. The maximum absolute atomic E-state index is 12.1. The van der Waals surface area contributed by atoms with Gasteiger partial charge in [-0.05, 0) is 37.5 Å². The minimum absolute atomic E-state index is 0.0235. The minimum Gasteiger partial charge on any atom is -0.481 e. The lowest BCUT2D eigenvalue weighted by molar-refractivity contribution is -0.136. The third kappa shape index (κ3) is 6.21. The van der Waals surface area contributed by atoms with Crippen LogP contribution in [0.1, 0.15) is 39.2 Å². The van der Waals surface area contributed by atoms with Gasteiger partial charge >= 0.3 is 5.97 Å². The van der Waals surface area contributed by atoms with Crippen molar-refractivity contribution in [2.24, 2.45) is 0 Å². The van der Waals surface area contributed by atoms with Crippen molar-refractivity contribution >= 4 is 23.6 Å². The van der Waals surface area contributed by atoms with E-state index in [1.807, 2.05) is 19.1 Å². The number of carbonyl (C=O) groups is 2. The highest BCUT2D eigenvalue weighted by molar-refractivity contribution is 8.00. The molecule has 0 heterocycles. The van der Waals surface area contributed by atoms with Crippen LogP contribution in [0.3, 0.4) is 0 Å². The van der Waals surface area contributed by atoms with Crippen molar-refractivity contribution in [3.05, 3.63) is 29.8 Å². The van der Waals surface area contributed by atoms with Gasteiger partial charge in [0.2, 0.25) is 5.91 Å². The lowest BCUT2D eigenvalue weighted by atomic mass is 10.1. The Kier molecular flexibility index (Phi) is 7.29. The van der Waals surface area contributed by atoms with Crippen LogP contribution in [0.25, 0.3) is 0 Å². The van der Waals surface area contributed by atoms with Gasteiger partial charge in [0, 0.05) is 10.9 Å². The molecule has 0 spiro atoms. The van der Waals surface area contributed by atoms with E-state index in [-0.39, 0.29) is 23.6 Å². The molecule has 4 nitrogen and oxygen atoms in total. The number of hydrogen-bond acceptors (Lipinski definition) is 3. The Morgan fingerprint density at radius 1 is 1.19 bits per heavy atom. The summed E-state index contributed by atoms with van der Waals surface area (Å²) in [5.41, 5.74) is 0.765. The summed E-state index contributed by atoms with van der Waals surface area (Å²) < 4.78 is 0. The van der Waals surface area contributed by atoms with Gasteiger partial charge in [0.05, 0.1) is 11.7 Å². The number of hydrogen-bond donors (Lipinski definition) is 2. The summed E-state index contributed by atoms with van der Waals surface area (Å²) in [6.07, 6.45) is 1.89. The molecule has 0 bridgehead atoms. The fourth-order valence-corrected chi connectivity index (χ4v) is 2.81. The number of carbonyl (C=O) groups excluding carboxylic acids is 1. The Bertz CT molecular complexity index is 469. The minimum atomic E-state index is -0.840. The Balaban J connectivity index is 2.55. The van der Waals surface area contributed by atoms with Crippen molar-refractivity contribution in [2.45, 2.75) is 56.2 Å². The SMILES string of the molecule is CCC(CC)NC(=O)C(C)Sc1ccc(CC(=O)O)cc1. The topological polar surface area (TPSA) is 66.4 Å². The van der Waals surface area contributed by atoms with Crippen LogP contribution in [-0.2, 0) is 16.0 Å². The first-order valence-electron chi connectivity index (χ1n) is 7.24. The van der Waals surface area contributed by atoms with Crippen LogP contribution in [0.4, 0.5) is 0 Å². The van der Waals surface area contributed by atoms with Crippen molar-refractivity contribution < 1.29 is 14.7 Å². The van der Waals surface area contributed by atoms with Crippen LogP contribution >= 0.6 is 11.8 Å². The predicted octanol–water partition coefficient (Wildman–Crippen LogP) is 3.10. The number of aliphatic carboxylic acids is 1. The molecule has 1 unspecified atom stereocenters. The van der Waals surface area contributed by atoms with Crippen molar-refractivity contribution in [3.63, 3.8) is 0 Å². The van der Waals surface area contributed by atoms with E-state index in [9.17, 15) is 9.59 Å². The zero-order chi connectivity index (χ0) is 15.8. The lowest BCUT2D eigenvalue weighted by Crippen LogP contribution is -2.38. The van der Waals surface area contributed by atoms with Gasteiger partial charge in [0.15, 0.2) is 0 Å². The lowest BCUT2D eigenvalue weighted by Gasteiger charge is -2.18. The number of thioether (sulfide) groups is 1. The van der Waals surface area contributed by atoms with Gasteiger partial charge in [0.25, 0.3) is 0 Å². The first kappa shape index (κ1) is 17.6. The summed E-state index contributed by atoms with van der Waals surface area (Å²) in [6, 6.07) is 7.55. The maximum atomic E-state index is 12.1. The van der Waals surface area contributed by atoms with E-state index >= 15 is 0 Å². The fourth-order valence-electron chi connectivity index (χ4n) is 1.93. The molecular weight excluding hydrogens is 286 g/mol. The molecule has 0 aliphatic carbocycles. The molecule has 21 heavy (non-hydrogen) atoms. The molecule has 1 amide bonds. The zero-order valence-electron chi connectivity index (χ0n) is 12.8. The first-order chi connectivity index (χ1) is 9.96. The molecule has 1 aromatic carbocycles. The van der Waals surface area contributed by atoms with E-state index in [4.69, 9.17) is 5.11 Å². The van der Waals surface area contributed by atoms with E-state index in [1.165, 1.54) is 11.8 Å². The summed E-state index contributed by atoms with van der Waals surface area (Å²) in [6.45, 7) is 6.01. The molecule has 1 atom stereocenters. The van der Waals surface area contributed by atoms with E-state index in [2.05, 4.69) is 19.2 Å².